The number of non-ortho nitro benzene ring substituents is 1. The molecule has 0 amide bonds. The van der Waals surface area contributed by atoms with Crippen molar-refractivity contribution in [1.82, 2.24) is 4.90 Å². The summed E-state index contributed by atoms with van der Waals surface area (Å²) < 4.78 is 39.5. The molecule has 1 aliphatic heterocycles. The molecule has 2 aromatic carbocycles. The highest BCUT2D eigenvalue weighted by molar-refractivity contribution is 5.50. The van der Waals surface area contributed by atoms with Gasteiger partial charge in [0.2, 0.25) is 0 Å². The van der Waals surface area contributed by atoms with Crippen molar-refractivity contribution in [2.24, 2.45) is 0 Å². The zero-order valence-electron chi connectivity index (χ0n) is 14.6. The number of alkyl halides is 2. The van der Waals surface area contributed by atoms with Gasteiger partial charge in [-0.3, -0.25) is 15.0 Å². The van der Waals surface area contributed by atoms with E-state index in [0.29, 0.717) is 30.0 Å². The molecule has 7 nitrogen and oxygen atoms in total. The lowest BCUT2D eigenvalue weighted by Crippen LogP contribution is -2.20. The summed E-state index contributed by atoms with van der Waals surface area (Å²) in [5.74, 6) is 0.705. The third-order valence-corrected chi connectivity index (χ3v) is 4.02. The van der Waals surface area contributed by atoms with E-state index < -0.39 is 11.5 Å². The number of hydrogen-bond acceptors (Lipinski definition) is 6. The van der Waals surface area contributed by atoms with Gasteiger partial charge in [-0.15, -0.1) is 0 Å². The Balaban J connectivity index is 1.72. The summed E-state index contributed by atoms with van der Waals surface area (Å²) in [6, 6.07) is 9.30. The van der Waals surface area contributed by atoms with Crippen LogP contribution in [0.5, 0.6) is 11.5 Å². The molecule has 3 rings (SSSR count). The first-order valence-electron chi connectivity index (χ1n) is 8.15. The minimum atomic E-state index is -2.86. The van der Waals surface area contributed by atoms with Crippen molar-refractivity contribution in [3.05, 3.63) is 63.2 Å². The molecule has 1 heterocycles. The molecule has 0 atom stereocenters. The SMILES string of the molecule is CN(Cc1ccc(OC(F)F)cc1)Cc1cc([N+](=O)[O-])cc2c1OCOC2. The first-order chi connectivity index (χ1) is 12.9. The summed E-state index contributed by atoms with van der Waals surface area (Å²) in [6.45, 7) is -1.56. The van der Waals surface area contributed by atoms with Crippen LogP contribution in [-0.4, -0.2) is 30.3 Å². The van der Waals surface area contributed by atoms with Gasteiger partial charge in [-0.1, -0.05) is 12.1 Å². The lowest BCUT2D eigenvalue weighted by molar-refractivity contribution is -0.385. The fourth-order valence-electron chi connectivity index (χ4n) is 2.94. The second-order valence-corrected chi connectivity index (χ2v) is 6.16. The van der Waals surface area contributed by atoms with Gasteiger partial charge in [-0.05, 0) is 24.7 Å². The van der Waals surface area contributed by atoms with Crippen LogP contribution in [0, 0.1) is 10.1 Å². The molecule has 2 aromatic rings. The van der Waals surface area contributed by atoms with Crippen molar-refractivity contribution in [3.8, 4) is 11.5 Å². The largest absolute Gasteiger partial charge is 0.467 e. The minimum absolute atomic E-state index is 0.0141. The van der Waals surface area contributed by atoms with E-state index in [0.717, 1.165) is 5.56 Å². The van der Waals surface area contributed by atoms with Gasteiger partial charge in [0, 0.05) is 36.3 Å². The van der Waals surface area contributed by atoms with Crippen molar-refractivity contribution in [3.63, 3.8) is 0 Å². The maximum atomic E-state index is 12.2. The van der Waals surface area contributed by atoms with Crippen LogP contribution in [0.1, 0.15) is 16.7 Å². The average Bonchev–Trinajstić information content (AvgIpc) is 2.62. The molecule has 1 aliphatic rings. The van der Waals surface area contributed by atoms with Crippen LogP contribution in [0.3, 0.4) is 0 Å². The monoisotopic (exact) mass is 380 g/mol. The van der Waals surface area contributed by atoms with Crippen molar-refractivity contribution in [2.45, 2.75) is 26.3 Å². The molecule has 0 radical (unpaired) electrons. The molecule has 0 aromatic heterocycles. The van der Waals surface area contributed by atoms with E-state index in [-0.39, 0.29) is 24.8 Å². The molecule has 9 heteroatoms. The second kappa shape index (κ2) is 8.28. The van der Waals surface area contributed by atoms with Gasteiger partial charge in [0.25, 0.3) is 5.69 Å². The maximum absolute atomic E-state index is 12.2. The predicted octanol–water partition coefficient (Wildman–Crippen LogP) is 3.69. The minimum Gasteiger partial charge on any atom is -0.467 e. The number of ether oxygens (including phenoxy) is 3. The number of fused-ring (bicyclic) bond motifs is 1. The third-order valence-electron chi connectivity index (χ3n) is 4.02. The molecule has 0 saturated carbocycles. The van der Waals surface area contributed by atoms with Gasteiger partial charge in [-0.25, -0.2) is 0 Å². The zero-order valence-corrected chi connectivity index (χ0v) is 14.6. The van der Waals surface area contributed by atoms with Crippen molar-refractivity contribution in [2.75, 3.05) is 13.8 Å². The quantitative estimate of drug-likeness (QED) is 0.539. The van der Waals surface area contributed by atoms with Gasteiger partial charge in [0.1, 0.15) is 11.5 Å². The Hall–Kier alpha value is -2.78. The highest BCUT2D eigenvalue weighted by Gasteiger charge is 2.21. The Bertz CT molecular complexity index is 814. The maximum Gasteiger partial charge on any atom is 0.387 e. The van der Waals surface area contributed by atoms with E-state index in [9.17, 15) is 18.9 Å². The molecule has 0 saturated heterocycles. The summed E-state index contributed by atoms with van der Waals surface area (Å²) >= 11 is 0. The number of nitro benzene ring substituents is 1. The van der Waals surface area contributed by atoms with E-state index >= 15 is 0 Å². The van der Waals surface area contributed by atoms with Gasteiger partial charge in [0.05, 0.1) is 11.5 Å². The smallest absolute Gasteiger partial charge is 0.387 e. The molecular formula is C18H18F2N2O5. The number of benzene rings is 2. The highest BCUT2D eigenvalue weighted by atomic mass is 19.3. The van der Waals surface area contributed by atoms with Gasteiger partial charge < -0.3 is 14.2 Å². The first-order valence-corrected chi connectivity index (χ1v) is 8.15. The van der Waals surface area contributed by atoms with Crippen LogP contribution in [0.2, 0.25) is 0 Å². The van der Waals surface area contributed by atoms with E-state index in [4.69, 9.17) is 9.47 Å². The number of nitro groups is 1. The van der Waals surface area contributed by atoms with Crippen LogP contribution >= 0.6 is 0 Å². The number of hydrogen-bond donors (Lipinski definition) is 0. The standard InChI is InChI=1S/C18H18F2N2O5/c1-21(8-12-2-4-16(5-3-12)27-18(19)20)9-13-6-15(22(23)24)7-14-10-25-11-26-17(13)14/h2-7,18H,8-11H2,1H3. The topological polar surface area (TPSA) is 74.1 Å². The van der Waals surface area contributed by atoms with Gasteiger partial charge >= 0.3 is 6.61 Å². The Kier molecular flexibility index (Phi) is 5.82. The summed E-state index contributed by atoms with van der Waals surface area (Å²) in [6.07, 6.45) is 0. The first kappa shape index (κ1) is 19.0. The molecule has 27 heavy (non-hydrogen) atoms. The van der Waals surface area contributed by atoms with E-state index in [1.54, 1.807) is 12.1 Å². The van der Waals surface area contributed by atoms with Crippen LogP contribution in [-0.2, 0) is 24.4 Å². The Morgan fingerprint density at radius 2 is 2.00 bits per heavy atom. The van der Waals surface area contributed by atoms with Gasteiger partial charge in [-0.2, -0.15) is 8.78 Å². The summed E-state index contributed by atoms with van der Waals surface area (Å²) in [4.78, 5) is 12.7. The lowest BCUT2D eigenvalue weighted by atomic mass is 10.1. The third kappa shape index (κ3) is 4.89. The highest BCUT2D eigenvalue weighted by Crippen LogP contribution is 2.33. The van der Waals surface area contributed by atoms with Crippen LogP contribution in [0.25, 0.3) is 0 Å². The molecule has 144 valence electrons. The molecule has 0 N–H and O–H groups in total. The normalized spacial score (nSPS) is 13.4. The fraction of sp³-hybridized carbons (Fsp3) is 0.333. The molecular weight excluding hydrogens is 362 g/mol. The van der Waals surface area contributed by atoms with Crippen molar-refractivity contribution >= 4 is 5.69 Å². The van der Waals surface area contributed by atoms with Crippen molar-refractivity contribution in [1.29, 1.82) is 0 Å². The van der Waals surface area contributed by atoms with E-state index in [1.165, 1.54) is 24.3 Å². The van der Waals surface area contributed by atoms with Crippen LogP contribution in [0.4, 0.5) is 14.5 Å². The Morgan fingerprint density at radius 1 is 1.26 bits per heavy atom. The van der Waals surface area contributed by atoms with E-state index in [1.807, 2.05) is 11.9 Å². The summed E-state index contributed by atoms with van der Waals surface area (Å²) in [5.41, 5.74) is 2.22. The molecule has 0 bridgehead atoms. The number of rotatable bonds is 7. The van der Waals surface area contributed by atoms with Gasteiger partial charge in [0.15, 0.2) is 6.79 Å². The Morgan fingerprint density at radius 3 is 2.67 bits per heavy atom. The fourth-order valence-corrected chi connectivity index (χ4v) is 2.94. The number of halogens is 2. The predicted molar refractivity (Wildman–Crippen MR) is 91.6 cm³/mol. The number of nitrogens with zero attached hydrogens (tertiary/aromatic N) is 2. The molecule has 0 unspecified atom stereocenters. The summed E-state index contributed by atoms with van der Waals surface area (Å²) in [7, 11) is 1.86. The van der Waals surface area contributed by atoms with E-state index in [2.05, 4.69) is 4.74 Å². The Labute approximate surface area is 154 Å². The van der Waals surface area contributed by atoms with Crippen LogP contribution in [0.15, 0.2) is 36.4 Å². The second-order valence-electron chi connectivity index (χ2n) is 6.16. The molecule has 0 spiro atoms. The molecule has 0 aliphatic carbocycles. The zero-order chi connectivity index (χ0) is 19.4. The van der Waals surface area contributed by atoms with Crippen molar-refractivity contribution < 1.29 is 27.9 Å². The lowest BCUT2D eigenvalue weighted by Gasteiger charge is -2.23. The summed E-state index contributed by atoms with van der Waals surface area (Å²) in [5, 5.41) is 11.2. The average molecular weight is 380 g/mol. The molecule has 0 fully saturated rings. The van der Waals surface area contributed by atoms with Crippen LogP contribution < -0.4 is 9.47 Å².